The minimum Gasteiger partial charge on any atom is -0.356 e. The zero-order chi connectivity index (χ0) is 15.4. The number of anilines is 1. The molecule has 3 rings (SSSR count). The highest BCUT2D eigenvalue weighted by atomic mass is 15.2. The zero-order valence-electron chi connectivity index (χ0n) is 12.6. The number of para-hydroxylation sites is 2. The standard InChI is InChI=1S/C18H18N4/c1-2-10-20-18-21-16-8-3-4-9-17(16)22(18)13-15-7-5-6-14(11-15)12-19/h3-9,11H,2,10,13H2,1H3,(H,20,21). The summed E-state index contributed by atoms with van der Waals surface area (Å²) in [5.41, 5.74) is 3.87. The van der Waals surface area contributed by atoms with Crippen LogP contribution in [0.2, 0.25) is 0 Å². The summed E-state index contributed by atoms with van der Waals surface area (Å²) in [5, 5.41) is 12.4. The van der Waals surface area contributed by atoms with Gasteiger partial charge in [-0.2, -0.15) is 5.26 Å². The topological polar surface area (TPSA) is 53.6 Å². The van der Waals surface area contributed by atoms with E-state index < -0.39 is 0 Å². The van der Waals surface area contributed by atoms with Crippen LogP contribution in [-0.2, 0) is 6.54 Å². The highest BCUT2D eigenvalue weighted by molar-refractivity contribution is 5.78. The van der Waals surface area contributed by atoms with Crippen molar-refractivity contribution in [1.29, 1.82) is 5.26 Å². The number of benzene rings is 2. The van der Waals surface area contributed by atoms with Gasteiger partial charge >= 0.3 is 0 Å². The van der Waals surface area contributed by atoms with E-state index in [1.807, 2.05) is 42.5 Å². The van der Waals surface area contributed by atoms with Crippen LogP contribution in [0.5, 0.6) is 0 Å². The van der Waals surface area contributed by atoms with Crippen molar-refractivity contribution in [2.45, 2.75) is 19.9 Å². The fraction of sp³-hybridized carbons (Fsp3) is 0.222. The molecule has 0 radical (unpaired) electrons. The highest BCUT2D eigenvalue weighted by Gasteiger charge is 2.10. The van der Waals surface area contributed by atoms with Gasteiger partial charge in [0.1, 0.15) is 0 Å². The van der Waals surface area contributed by atoms with Crippen LogP contribution < -0.4 is 5.32 Å². The Morgan fingerprint density at radius 2 is 2.05 bits per heavy atom. The van der Waals surface area contributed by atoms with Gasteiger partial charge in [-0.05, 0) is 36.2 Å². The summed E-state index contributed by atoms with van der Waals surface area (Å²) in [6.45, 7) is 3.72. The monoisotopic (exact) mass is 290 g/mol. The third kappa shape index (κ3) is 2.79. The third-order valence-corrected chi connectivity index (χ3v) is 3.58. The van der Waals surface area contributed by atoms with E-state index in [9.17, 15) is 0 Å². The molecule has 0 unspecified atom stereocenters. The molecule has 0 atom stereocenters. The molecule has 1 N–H and O–H groups in total. The Hall–Kier alpha value is -2.80. The van der Waals surface area contributed by atoms with Crippen LogP contribution in [0.25, 0.3) is 11.0 Å². The lowest BCUT2D eigenvalue weighted by Crippen LogP contribution is -2.09. The van der Waals surface area contributed by atoms with Crippen LogP contribution in [0.4, 0.5) is 5.95 Å². The lowest BCUT2D eigenvalue weighted by atomic mass is 10.1. The van der Waals surface area contributed by atoms with Crippen LogP contribution in [0, 0.1) is 11.3 Å². The lowest BCUT2D eigenvalue weighted by molar-refractivity contribution is 0.816. The largest absolute Gasteiger partial charge is 0.356 e. The first kappa shape index (κ1) is 14.2. The number of imidazole rings is 1. The summed E-state index contributed by atoms with van der Waals surface area (Å²) >= 11 is 0. The summed E-state index contributed by atoms with van der Waals surface area (Å²) in [4.78, 5) is 4.68. The van der Waals surface area contributed by atoms with E-state index in [1.165, 1.54) is 0 Å². The predicted molar refractivity (Wildman–Crippen MR) is 88.8 cm³/mol. The molecule has 1 aromatic heterocycles. The molecule has 0 aliphatic heterocycles. The van der Waals surface area contributed by atoms with Crippen molar-refractivity contribution in [2.75, 3.05) is 11.9 Å². The number of hydrogen-bond donors (Lipinski definition) is 1. The minimum atomic E-state index is 0.685. The number of nitriles is 1. The van der Waals surface area contributed by atoms with Crippen molar-refractivity contribution < 1.29 is 0 Å². The fourth-order valence-electron chi connectivity index (χ4n) is 2.53. The second kappa shape index (κ2) is 6.31. The second-order valence-electron chi connectivity index (χ2n) is 5.25. The average molecular weight is 290 g/mol. The number of rotatable bonds is 5. The zero-order valence-corrected chi connectivity index (χ0v) is 12.6. The Labute approximate surface area is 130 Å². The van der Waals surface area contributed by atoms with Gasteiger partial charge in [0.2, 0.25) is 5.95 Å². The number of hydrogen-bond acceptors (Lipinski definition) is 3. The maximum atomic E-state index is 9.05. The van der Waals surface area contributed by atoms with Crippen LogP contribution in [0.15, 0.2) is 48.5 Å². The molecule has 0 saturated heterocycles. The Morgan fingerprint density at radius 3 is 2.86 bits per heavy atom. The van der Waals surface area contributed by atoms with Crippen molar-refractivity contribution >= 4 is 17.0 Å². The molecule has 1 heterocycles. The molecule has 0 fully saturated rings. The molecule has 0 bridgehead atoms. The van der Waals surface area contributed by atoms with E-state index in [4.69, 9.17) is 5.26 Å². The van der Waals surface area contributed by atoms with Gasteiger partial charge in [-0.15, -0.1) is 0 Å². The first-order valence-electron chi connectivity index (χ1n) is 7.50. The minimum absolute atomic E-state index is 0.685. The van der Waals surface area contributed by atoms with Crippen molar-refractivity contribution in [3.8, 4) is 6.07 Å². The van der Waals surface area contributed by atoms with Gasteiger partial charge in [-0.3, -0.25) is 0 Å². The Balaban J connectivity index is 2.02. The van der Waals surface area contributed by atoms with Crippen LogP contribution in [0.3, 0.4) is 0 Å². The summed E-state index contributed by atoms with van der Waals surface area (Å²) in [6.07, 6.45) is 1.05. The van der Waals surface area contributed by atoms with Crippen LogP contribution in [0.1, 0.15) is 24.5 Å². The van der Waals surface area contributed by atoms with E-state index in [0.717, 1.165) is 35.5 Å². The maximum Gasteiger partial charge on any atom is 0.204 e. The van der Waals surface area contributed by atoms with Crippen molar-refractivity contribution in [3.63, 3.8) is 0 Å². The molecule has 0 spiro atoms. The molecular formula is C18H18N4. The molecule has 0 aliphatic rings. The summed E-state index contributed by atoms with van der Waals surface area (Å²) in [5.74, 6) is 0.880. The summed E-state index contributed by atoms with van der Waals surface area (Å²) in [6, 6.07) is 18.0. The molecular weight excluding hydrogens is 272 g/mol. The third-order valence-electron chi connectivity index (χ3n) is 3.58. The fourth-order valence-corrected chi connectivity index (χ4v) is 2.53. The first-order valence-corrected chi connectivity index (χ1v) is 7.50. The van der Waals surface area contributed by atoms with Crippen molar-refractivity contribution in [1.82, 2.24) is 9.55 Å². The van der Waals surface area contributed by atoms with Crippen molar-refractivity contribution in [2.24, 2.45) is 0 Å². The molecule has 4 nitrogen and oxygen atoms in total. The van der Waals surface area contributed by atoms with Gasteiger partial charge in [0.25, 0.3) is 0 Å². The van der Waals surface area contributed by atoms with E-state index >= 15 is 0 Å². The van der Waals surface area contributed by atoms with E-state index in [0.29, 0.717) is 12.1 Å². The van der Waals surface area contributed by atoms with Gasteiger partial charge in [-0.1, -0.05) is 31.2 Å². The van der Waals surface area contributed by atoms with E-state index in [2.05, 4.69) is 33.9 Å². The maximum absolute atomic E-state index is 9.05. The molecule has 0 amide bonds. The Kier molecular flexibility index (Phi) is 4.06. The predicted octanol–water partition coefficient (Wildman–Crippen LogP) is 3.78. The Bertz CT molecular complexity index is 826. The summed E-state index contributed by atoms with van der Waals surface area (Å²) in [7, 11) is 0. The van der Waals surface area contributed by atoms with Crippen LogP contribution >= 0.6 is 0 Å². The van der Waals surface area contributed by atoms with E-state index in [-0.39, 0.29) is 0 Å². The number of nitrogens with zero attached hydrogens (tertiary/aromatic N) is 3. The summed E-state index contributed by atoms with van der Waals surface area (Å²) < 4.78 is 2.17. The van der Waals surface area contributed by atoms with Gasteiger partial charge in [0, 0.05) is 6.54 Å². The SMILES string of the molecule is CCCNc1nc2ccccc2n1Cc1cccc(C#N)c1. The van der Waals surface area contributed by atoms with Gasteiger partial charge in [-0.25, -0.2) is 4.98 Å². The molecule has 3 aromatic rings. The quantitative estimate of drug-likeness (QED) is 0.778. The lowest BCUT2D eigenvalue weighted by Gasteiger charge is -2.10. The number of fused-ring (bicyclic) bond motifs is 1. The van der Waals surface area contributed by atoms with Crippen LogP contribution in [-0.4, -0.2) is 16.1 Å². The smallest absolute Gasteiger partial charge is 0.204 e. The number of aromatic nitrogens is 2. The molecule has 2 aromatic carbocycles. The molecule has 0 saturated carbocycles. The molecule has 22 heavy (non-hydrogen) atoms. The van der Waals surface area contributed by atoms with Crippen molar-refractivity contribution in [3.05, 3.63) is 59.7 Å². The Morgan fingerprint density at radius 1 is 1.18 bits per heavy atom. The normalized spacial score (nSPS) is 10.5. The molecule has 110 valence electrons. The van der Waals surface area contributed by atoms with Gasteiger partial charge in [0.05, 0.1) is 29.2 Å². The van der Waals surface area contributed by atoms with Gasteiger partial charge < -0.3 is 9.88 Å². The van der Waals surface area contributed by atoms with Gasteiger partial charge in [0.15, 0.2) is 0 Å². The van der Waals surface area contributed by atoms with E-state index in [1.54, 1.807) is 0 Å². The second-order valence-corrected chi connectivity index (χ2v) is 5.25. The molecule has 0 aliphatic carbocycles. The first-order chi connectivity index (χ1) is 10.8. The highest BCUT2D eigenvalue weighted by Crippen LogP contribution is 2.21. The molecule has 4 heteroatoms. The average Bonchev–Trinajstić information content (AvgIpc) is 2.91. The number of nitrogens with one attached hydrogen (secondary N) is 1.